The number of carbonyl (C=O) groups excluding carboxylic acids is 2. The number of hydrogen-bond donors (Lipinski definition) is 2. The van der Waals surface area contributed by atoms with E-state index in [-0.39, 0.29) is 24.2 Å². The van der Waals surface area contributed by atoms with E-state index in [0.29, 0.717) is 12.5 Å². The maximum absolute atomic E-state index is 12.9. The van der Waals surface area contributed by atoms with Crippen LogP contribution in [0.3, 0.4) is 0 Å². The number of piperidine rings is 1. The van der Waals surface area contributed by atoms with Crippen LogP contribution in [-0.2, 0) is 19.2 Å². The van der Waals surface area contributed by atoms with E-state index >= 15 is 0 Å². The van der Waals surface area contributed by atoms with E-state index in [1.807, 2.05) is 17.0 Å². The number of carbonyl (C=O) groups is 2. The second-order valence-electron chi connectivity index (χ2n) is 9.29. The lowest BCUT2D eigenvalue weighted by molar-refractivity contribution is -0.198. The third-order valence-corrected chi connectivity index (χ3v) is 6.68. The first-order chi connectivity index (χ1) is 16.2. The van der Waals surface area contributed by atoms with Crippen molar-refractivity contribution in [2.24, 2.45) is 5.92 Å². The molecule has 2 aliphatic heterocycles. The Balaban J connectivity index is 1.22. The first kappa shape index (κ1) is 23.7. The normalized spacial score (nSPS) is 24.5. The molecule has 3 fully saturated rings. The predicted molar refractivity (Wildman–Crippen MR) is 126 cm³/mol. The van der Waals surface area contributed by atoms with E-state index in [0.717, 1.165) is 69.4 Å². The molecule has 2 saturated heterocycles. The van der Waals surface area contributed by atoms with Crippen molar-refractivity contribution in [1.29, 1.82) is 0 Å². The highest BCUT2D eigenvalue weighted by Crippen LogP contribution is 2.27. The smallest absolute Gasteiger partial charge is 0.267 e. The van der Waals surface area contributed by atoms with E-state index in [2.05, 4.69) is 15.8 Å². The Bertz CT molecular complexity index is 801. The molecule has 0 spiro atoms. The molecule has 0 bridgehead atoms. The molecule has 8 nitrogen and oxygen atoms in total. The minimum Gasteiger partial charge on any atom is -0.366 e. The molecule has 2 N–H and O–H groups in total. The van der Waals surface area contributed by atoms with E-state index in [4.69, 9.17) is 9.57 Å². The third-order valence-electron chi connectivity index (χ3n) is 6.68. The quantitative estimate of drug-likeness (QED) is 0.481. The molecule has 3 heterocycles. The molecule has 3 aliphatic rings. The minimum absolute atomic E-state index is 0.213. The van der Waals surface area contributed by atoms with Crippen LogP contribution in [0.25, 0.3) is 6.08 Å². The summed E-state index contributed by atoms with van der Waals surface area (Å²) in [5.74, 6) is 1.01. The fraction of sp³-hybridized carbons (Fsp3) is 0.640. The molecular weight excluding hydrogens is 420 g/mol. The molecule has 0 aromatic carbocycles. The van der Waals surface area contributed by atoms with Crippen LogP contribution in [0.5, 0.6) is 0 Å². The lowest BCUT2D eigenvalue weighted by Gasteiger charge is -2.36. The Labute approximate surface area is 196 Å². The van der Waals surface area contributed by atoms with Crippen LogP contribution in [-0.4, -0.2) is 53.7 Å². The summed E-state index contributed by atoms with van der Waals surface area (Å²) in [6, 6.07) is 4.04. The number of hydrogen-bond acceptors (Lipinski definition) is 6. The van der Waals surface area contributed by atoms with Gasteiger partial charge in [0, 0.05) is 50.3 Å². The number of anilines is 1. The average molecular weight is 457 g/mol. The van der Waals surface area contributed by atoms with Gasteiger partial charge < -0.3 is 15.0 Å². The van der Waals surface area contributed by atoms with Gasteiger partial charge >= 0.3 is 0 Å². The van der Waals surface area contributed by atoms with Crippen LogP contribution in [0.15, 0.2) is 24.4 Å². The second-order valence-corrected chi connectivity index (χ2v) is 9.29. The Morgan fingerprint density at radius 3 is 2.67 bits per heavy atom. The molecule has 1 unspecified atom stereocenters. The molecule has 2 amide bonds. The third kappa shape index (κ3) is 7.27. The predicted octanol–water partition coefficient (Wildman–Crippen LogP) is 3.65. The molecule has 8 heteroatoms. The van der Waals surface area contributed by atoms with Crippen LogP contribution < -0.4 is 10.8 Å². The SMILES string of the molecule is O=C(C=Cc1ccc(N[C@@H]2CCCN(C(=O)C3CCCCC3)C2)nc1)NOC1CCCCO1. The summed E-state index contributed by atoms with van der Waals surface area (Å²) >= 11 is 0. The molecule has 1 aromatic rings. The number of ether oxygens (including phenoxy) is 1. The van der Waals surface area contributed by atoms with Gasteiger partial charge in [-0.15, -0.1) is 0 Å². The summed E-state index contributed by atoms with van der Waals surface area (Å²) in [4.78, 5) is 36.6. The van der Waals surface area contributed by atoms with Crippen LogP contribution >= 0.6 is 0 Å². The number of nitrogens with one attached hydrogen (secondary N) is 2. The second kappa shape index (κ2) is 12.1. The molecule has 4 rings (SSSR count). The summed E-state index contributed by atoms with van der Waals surface area (Å²) in [5.41, 5.74) is 3.23. The topological polar surface area (TPSA) is 92.8 Å². The zero-order valence-electron chi connectivity index (χ0n) is 19.3. The highest BCUT2D eigenvalue weighted by Gasteiger charge is 2.29. The van der Waals surface area contributed by atoms with Crippen molar-refractivity contribution in [2.75, 3.05) is 25.0 Å². The Hall–Kier alpha value is -2.45. The van der Waals surface area contributed by atoms with Crippen LogP contribution in [0, 0.1) is 5.92 Å². The summed E-state index contributed by atoms with van der Waals surface area (Å²) in [6.07, 6.45) is 15.1. The number of rotatable bonds is 7. The van der Waals surface area contributed by atoms with Gasteiger partial charge in [0.1, 0.15) is 5.82 Å². The fourth-order valence-corrected chi connectivity index (χ4v) is 4.84. The van der Waals surface area contributed by atoms with Gasteiger partial charge in [0.15, 0.2) is 6.29 Å². The van der Waals surface area contributed by atoms with E-state index in [1.165, 1.54) is 25.3 Å². The number of aromatic nitrogens is 1. The number of pyridine rings is 1. The standard InChI is InChI=1S/C25H36N4O4/c30-23(28-33-24-10-4-5-16-32-24)14-12-19-11-13-22(26-17-19)27-21-9-6-15-29(18-21)25(31)20-7-2-1-3-8-20/h11-14,17,20-21,24H,1-10,15-16,18H2,(H,26,27)(H,28,30)/t21-,24?/m1/s1. The van der Waals surface area contributed by atoms with Crippen LogP contribution in [0.1, 0.15) is 69.8 Å². The van der Waals surface area contributed by atoms with Crippen molar-refractivity contribution < 1.29 is 19.2 Å². The van der Waals surface area contributed by atoms with Gasteiger partial charge in [-0.2, -0.15) is 0 Å². The van der Waals surface area contributed by atoms with Gasteiger partial charge in [0.2, 0.25) is 5.91 Å². The van der Waals surface area contributed by atoms with E-state index in [1.54, 1.807) is 12.3 Å². The van der Waals surface area contributed by atoms with Crippen molar-refractivity contribution in [1.82, 2.24) is 15.4 Å². The maximum atomic E-state index is 12.9. The highest BCUT2D eigenvalue weighted by atomic mass is 16.8. The van der Waals surface area contributed by atoms with Crippen molar-refractivity contribution in [3.8, 4) is 0 Å². The van der Waals surface area contributed by atoms with Crippen molar-refractivity contribution >= 4 is 23.7 Å². The van der Waals surface area contributed by atoms with E-state index < -0.39 is 0 Å². The van der Waals surface area contributed by atoms with Gasteiger partial charge in [-0.25, -0.2) is 15.3 Å². The molecule has 1 saturated carbocycles. The molecule has 0 radical (unpaired) electrons. The fourth-order valence-electron chi connectivity index (χ4n) is 4.84. The Morgan fingerprint density at radius 1 is 1.06 bits per heavy atom. The van der Waals surface area contributed by atoms with E-state index in [9.17, 15) is 9.59 Å². The molecular formula is C25H36N4O4. The van der Waals surface area contributed by atoms with Crippen LogP contribution in [0.4, 0.5) is 5.82 Å². The highest BCUT2D eigenvalue weighted by molar-refractivity contribution is 5.90. The van der Waals surface area contributed by atoms with Gasteiger partial charge in [0.05, 0.1) is 0 Å². The Kier molecular flexibility index (Phi) is 8.72. The summed E-state index contributed by atoms with van der Waals surface area (Å²) in [6.45, 7) is 2.27. The first-order valence-electron chi connectivity index (χ1n) is 12.4. The van der Waals surface area contributed by atoms with Gasteiger partial charge in [0.25, 0.3) is 5.91 Å². The monoisotopic (exact) mass is 456 g/mol. The van der Waals surface area contributed by atoms with Gasteiger partial charge in [-0.1, -0.05) is 19.3 Å². The summed E-state index contributed by atoms with van der Waals surface area (Å²) in [5, 5.41) is 3.48. The summed E-state index contributed by atoms with van der Waals surface area (Å²) in [7, 11) is 0. The number of likely N-dealkylation sites (tertiary alicyclic amines) is 1. The lowest BCUT2D eigenvalue weighted by Crippen LogP contribution is -2.47. The largest absolute Gasteiger partial charge is 0.366 e. The summed E-state index contributed by atoms with van der Waals surface area (Å²) < 4.78 is 5.42. The first-order valence-corrected chi connectivity index (χ1v) is 12.4. The van der Waals surface area contributed by atoms with Gasteiger partial charge in [-0.3, -0.25) is 9.59 Å². The number of amides is 2. The molecule has 33 heavy (non-hydrogen) atoms. The Morgan fingerprint density at radius 2 is 1.91 bits per heavy atom. The zero-order valence-corrected chi connectivity index (χ0v) is 19.3. The molecule has 1 aromatic heterocycles. The average Bonchev–Trinajstić information content (AvgIpc) is 2.88. The van der Waals surface area contributed by atoms with Gasteiger partial charge in [-0.05, 0) is 62.3 Å². The zero-order chi connectivity index (χ0) is 22.9. The van der Waals surface area contributed by atoms with Crippen LogP contribution in [0.2, 0.25) is 0 Å². The maximum Gasteiger partial charge on any atom is 0.267 e. The minimum atomic E-state index is -0.364. The lowest BCUT2D eigenvalue weighted by atomic mass is 9.87. The number of hydroxylamine groups is 1. The molecule has 2 atom stereocenters. The number of nitrogens with zero attached hydrogens (tertiary/aromatic N) is 2. The van der Waals surface area contributed by atoms with Crippen molar-refractivity contribution in [3.63, 3.8) is 0 Å². The molecule has 1 aliphatic carbocycles. The van der Waals surface area contributed by atoms with Crippen molar-refractivity contribution in [3.05, 3.63) is 30.0 Å². The molecule has 180 valence electrons. The van der Waals surface area contributed by atoms with Crippen molar-refractivity contribution in [2.45, 2.75) is 76.5 Å².